The number of nitrogens with zero attached hydrogens (tertiary/aromatic N) is 3. The number of hydrogen-bond acceptors (Lipinski definition) is 7. The summed E-state index contributed by atoms with van der Waals surface area (Å²) in [7, 11) is 0. The van der Waals surface area contributed by atoms with E-state index in [2.05, 4.69) is 30.6 Å². The Kier molecular flexibility index (Phi) is 5.09. The molecular formula is C22H22FN7O. The Morgan fingerprint density at radius 3 is 2.90 bits per heavy atom. The van der Waals surface area contributed by atoms with Gasteiger partial charge in [-0.3, -0.25) is 0 Å². The Bertz CT molecular complexity index is 1220. The van der Waals surface area contributed by atoms with E-state index in [9.17, 15) is 4.39 Å². The van der Waals surface area contributed by atoms with Crippen molar-refractivity contribution in [3.63, 3.8) is 0 Å². The number of ether oxygens (including phenoxy) is 1. The number of aromatic nitrogens is 4. The number of benzene rings is 1. The molecule has 1 unspecified atom stereocenters. The maximum absolute atomic E-state index is 14.8. The van der Waals surface area contributed by atoms with E-state index < -0.39 is 5.82 Å². The summed E-state index contributed by atoms with van der Waals surface area (Å²) in [5.41, 5.74) is 8.02. The van der Waals surface area contributed by atoms with Crippen LogP contribution in [-0.4, -0.2) is 33.0 Å². The first kappa shape index (κ1) is 19.3. The minimum Gasteiger partial charge on any atom is -0.453 e. The molecule has 8 nitrogen and oxygen atoms in total. The molecule has 3 aromatic heterocycles. The predicted octanol–water partition coefficient (Wildman–Crippen LogP) is 4.08. The monoisotopic (exact) mass is 419 g/mol. The van der Waals surface area contributed by atoms with Crippen molar-refractivity contribution in [3.8, 4) is 11.5 Å². The molecule has 0 amide bonds. The largest absolute Gasteiger partial charge is 0.453 e. The average Bonchev–Trinajstić information content (AvgIpc) is 3.26. The summed E-state index contributed by atoms with van der Waals surface area (Å²) in [4.78, 5) is 15.8. The van der Waals surface area contributed by atoms with E-state index in [1.165, 1.54) is 6.07 Å². The van der Waals surface area contributed by atoms with Gasteiger partial charge in [-0.15, -0.1) is 0 Å². The lowest BCUT2D eigenvalue weighted by atomic mass is 9.96. The van der Waals surface area contributed by atoms with Gasteiger partial charge in [0.25, 0.3) is 0 Å². The minimum atomic E-state index is -0.496. The fourth-order valence-corrected chi connectivity index (χ4v) is 3.81. The zero-order valence-corrected chi connectivity index (χ0v) is 16.7. The fourth-order valence-electron chi connectivity index (χ4n) is 3.81. The number of halogens is 1. The van der Waals surface area contributed by atoms with Gasteiger partial charge in [0.1, 0.15) is 17.2 Å². The highest BCUT2D eigenvalue weighted by Gasteiger charge is 2.18. The lowest BCUT2D eigenvalue weighted by Crippen LogP contribution is -2.29. The van der Waals surface area contributed by atoms with E-state index in [0.717, 1.165) is 37.0 Å². The Morgan fingerprint density at radius 1 is 1.13 bits per heavy atom. The Hall–Kier alpha value is -3.72. The Balaban J connectivity index is 1.36. The van der Waals surface area contributed by atoms with Crippen LogP contribution in [0.2, 0.25) is 0 Å². The standard InChI is InChI=1S/C22H22FN7O/c23-16-10-14(3-4-19(16)31-18-6-9-27-21-15(18)5-8-26-21)28-20-11-17(29-22(24)30-20)13-2-1-7-25-12-13/h3-6,8-11,13,25H,1-2,7,12H2,(H,26,27)(H3,24,28,29,30). The van der Waals surface area contributed by atoms with E-state index in [0.29, 0.717) is 22.9 Å². The van der Waals surface area contributed by atoms with Crippen molar-refractivity contribution in [1.82, 2.24) is 25.3 Å². The molecule has 1 fully saturated rings. The van der Waals surface area contributed by atoms with E-state index in [-0.39, 0.29) is 17.6 Å². The number of hydrogen-bond donors (Lipinski definition) is 4. The molecule has 1 aliphatic rings. The molecule has 4 heterocycles. The van der Waals surface area contributed by atoms with Gasteiger partial charge in [-0.05, 0) is 43.7 Å². The van der Waals surface area contributed by atoms with Gasteiger partial charge >= 0.3 is 0 Å². The number of nitrogens with one attached hydrogen (secondary N) is 3. The summed E-state index contributed by atoms with van der Waals surface area (Å²) in [6, 6.07) is 10.1. The molecule has 1 aliphatic heterocycles. The van der Waals surface area contributed by atoms with Crippen molar-refractivity contribution in [2.45, 2.75) is 18.8 Å². The number of piperidine rings is 1. The highest BCUT2D eigenvalue weighted by molar-refractivity contribution is 5.82. The average molecular weight is 419 g/mol. The Morgan fingerprint density at radius 2 is 2.06 bits per heavy atom. The number of H-pyrrole nitrogens is 1. The van der Waals surface area contributed by atoms with Gasteiger partial charge in [-0.2, -0.15) is 4.98 Å². The van der Waals surface area contributed by atoms with Crippen molar-refractivity contribution < 1.29 is 9.13 Å². The van der Waals surface area contributed by atoms with Gasteiger partial charge in [0.15, 0.2) is 11.6 Å². The molecule has 0 spiro atoms. The van der Waals surface area contributed by atoms with Gasteiger partial charge in [-0.25, -0.2) is 14.4 Å². The van der Waals surface area contributed by atoms with Crippen LogP contribution in [0.25, 0.3) is 11.0 Å². The van der Waals surface area contributed by atoms with Crippen molar-refractivity contribution in [1.29, 1.82) is 0 Å². The fraction of sp³-hybridized carbons (Fsp3) is 0.227. The number of aromatic amines is 1. The van der Waals surface area contributed by atoms with Crippen LogP contribution in [0.1, 0.15) is 24.5 Å². The van der Waals surface area contributed by atoms with Gasteiger partial charge in [0, 0.05) is 42.7 Å². The first-order valence-electron chi connectivity index (χ1n) is 10.2. The van der Waals surface area contributed by atoms with Crippen LogP contribution in [0.3, 0.4) is 0 Å². The zero-order valence-electron chi connectivity index (χ0n) is 16.7. The number of fused-ring (bicyclic) bond motifs is 1. The van der Waals surface area contributed by atoms with Crippen molar-refractivity contribution in [2.24, 2.45) is 0 Å². The second kappa shape index (κ2) is 8.19. The third kappa shape index (κ3) is 4.13. The van der Waals surface area contributed by atoms with E-state index in [1.807, 2.05) is 12.1 Å². The van der Waals surface area contributed by atoms with E-state index in [1.54, 1.807) is 30.6 Å². The van der Waals surface area contributed by atoms with Crippen LogP contribution < -0.4 is 21.1 Å². The summed E-state index contributed by atoms with van der Waals surface area (Å²) in [6.45, 7) is 1.88. The predicted molar refractivity (Wildman–Crippen MR) is 117 cm³/mol. The number of rotatable bonds is 5. The normalized spacial score (nSPS) is 16.4. The number of nitrogens with two attached hydrogens (primary N) is 1. The molecule has 1 atom stereocenters. The van der Waals surface area contributed by atoms with Crippen LogP contribution >= 0.6 is 0 Å². The van der Waals surface area contributed by atoms with Crippen LogP contribution in [0, 0.1) is 5.82 Å². The van der Waals surface area contributed by atoms with Crippen LogP contribution in [0.4, 0.5) is 21.8 Å². The molecule has 1 aromatic carbocycles. The smallest absolute Gasteiger partial charge is 0.222 e. The second-order valence-corrected chi connectivity index (χ2v) is 7.50. The quantitative estimate of drug-likeness (QED) is 0.385. The molecule has 0 radical (unpaired) electrons. The molecule has 4 aromatic rings. The number of nitrogen functional groups attached to an aromatic ring is 1. The number of pyridine rings is 1. The first-order chi connectivity index (χ1) is 15.2. The highest BCUT2D eigenvalue weighted by Crippen LogP contribution is 2.32. The SMILES string of the molecule is Nc1nc(Nc2ccc(Oc3ccnc4[nH]ccc34)c(F)c2)cc(C2CCCNC2)n1. The molecular weight excluding hydrogens is 397 g/mol. The molecule has 0 saturated carbocycles. The molecule has 1 saturated heterocycles. The topological polar surface area (TPSA) is 114 Å². The summed E-state index contributed by atoms with van der Waals surface area (Å²) in [5, 5.41) is 7.28. The summed E-state index contributed by atoms with van der Waals surface area (Å²) in [6.07, 6.45) is 5.52. The highest BCUT2D eigenvalue weighted by atomic mass is 19.1. The summed E-state index contributed by atoms with van der Waals surface area (Å²) < 4.78 is 20.5. The molecule has 0 aliphatic carbocycles. The molecule has 5 rings (SSSR count). The van der Waals surface area contributed by atoms with Gasteiger partial charge in [0.2, 0.25) is 5.95 Å². The molecule has 31 heavy (non-hydrogen) atoms. The van der Waals surface area contributed by atoms with Gasteiger partial charge in [-0.1, -0.05) is 0 Å². The third-order valence-corrected chi connectivity index (χ3v) is 5.32. The number of anilines is 3. The maximum Gasteiger partial charge on any atom is 0.222 e. The second-order valence-electron chi connectivity index (χ2n) is 7.50. The Labute approximate surface area is 178 Å². The van der Waals surface area contributed by atoms with Crippen molar-refractivity contribution >= 4 is 28.5 Å². The van der Waals surface area contributed by atoms with Crippen molar-refractivity contribution in [2.75, 3.05) is 24.1 Å². The van der Waals surface area contributed by atoms with Gasteiger partial charge < -0.3 is 26.1 Å². The lowest BCUT2D eigenvalue weighted by molar-refractivity contribution is 0.446. The lowest BCUT2D eigenvalue weighted by Gasteiger charge is -2.22. The summed E-state index contributed by atoms with van der Waals surface area (Å²) >= 11 is 0. The summed E-state index contributed by atoms with van der Waals surface area (Å²) in [5.74, 6) is 1.17. The van der Waals surface area contributed by atoms with Gasteiger partial charge in [0.05, 0.1) is 11.1 Å². The first-order valence-corrected chi connectivity index (χ1v) is 10.2. The van der Waals surface area contributed by atoms with Crippen LogP contribution in [-0.2, 0) is 0 Å². The molecule has 9 heteroatoms. The van der Waals surface area contributed by atoms with Crippen molar-refractivity contribution in [3.05, 3.63) is 60.3 Å². The zero-order chi connectivity index (χ0) is 21.2. The maximum atomic E-state index is 14.8. The third-order valence-electron chi connectivity index (χ3n) is 5.32. The van der Waals surface area contributed by atoms with Crippen LogP contribution in [0.5, 0.6) is 11.5 Å². The van der Waals surface area contributed by atoms with Crippen LogP contribution in [0.15, 0.2) is 48.8 Å². The molecule has 5 N–H and O–H groups in total. The molecule has 158 valence electrons. The minimum absolute atomic E-state index is 0.121. The molecule has 0 bridgehead atoms. The van der Waals surface area contributed by atoms with E-state index >= 15 is 0 Å². The van der Waals surface area contributed by atoms with E-state index in [4.69, 9.17) is 10.5 Å².